The Balaban J connectivity index is 1.61. The van der Waals surface area contributed by atoms with Crippen LogP contribution in [0.4, 0.5) is 4.79 Å². The molecule has 1 aliphatic heterocycles. The van der Waals surface area contributed by atoms with Crippen LogP contribution in [0.15, 0.2) is 0 Å². The smallest absolute Gasteiger partial charge is 0.317 e. The zero-order valence-electron chi connectivity index (χ0n) is 12.9. The molecule has 120 valence electrons. The number of aliphatic carboxylic acids is 1. The van der Waals surface area contributed by atoms with Crippen LogP contribution in [0, 0.1) is 5.92 Å². The van der Waals surface area contributed by atoms with E-state index in [2.05, 4.69) is 17.1 Å². The molecular formula is C15H27N3O3. The van der Waals surface area contributed by atoms with Crippen LogP contribution in [0.1, 0.15) is 39.0 Å². The molecular weight excluding hydrogens is 270 g/mol. The van der Waals surface area contributed by atoms with E-state index in [4.69, 9.17) is 5.11 Å². The Morgan fingerprint density at radius 2 is 1.90 bits per heavy atom. The van der Waals surface area contributed by atoms with E-state index in [1.54, 1.807) is 0 Å². The average Bonchev–Trinajstić information content (AvgIpc) is 3.28. The number of carbonyl (C=O) groups is 2. The van der Waals surface area contributed by atoms with Crippen LogP contribution >= 0.6 is 0 Å². The molecule has 0 aromatic rings. The second kappa shape index (κ2) is 7.64. The topological polar surface area (TPSA) is 72.9 Å². The molecule has 0 radical (unpaired) electrons. The molecule has 0 spiro atoms. The maximum Gasteiger partial charge on any atom is 0.317 e. The van der Waals surface area contributed by atoms with Gasteiger partial charge in [0.05, 0.1) is 0 Å². The summed E-state index contributed by atoms with van der Waals surface area (Å²) in [6, 6.07) is 0.731. The van der Waals surface area contributed by atoms with Gasteiger partial charge in [-0.15, -0.1) is 0 Å². The Bertz CT molecular complexity index is 363. The minimum Gasteiger partial charge on any atom is -0.481 e. The van der Waals surface area contributed by atoms with Crippen molar-refractivity contribution < 1.29 is 14.7 Å². The Labute approximate surface area is 126 Å². The summed E-state index contributed by atoms with van der Waals surface area (Å²) < 4.78 is 0. The number of likely N-dealkylation sites (N-methyl/N-ethyl adjacent to an activating group) is 1. The van der Waals surface area contributed by atoms with Crippen molar-refractivity contribution in [3.63, 3.8) is 0 Å². The van der Waals surface area contributed by atoms with Crippen LogP contribution in [-0.2, 0) is 4.79 Å². The summed E-state index contributed by atoms with van der Waals surface area (Å²) in [6.45, 7) is 6.16. The summed E-state index contributed by atoms with van der Waals surface area (Å²) in [5.41, 5.74) is 0. The van der Waals surface area contributed by atoms with E-state index >= 15 is 0 Å². The lowest BCUT2D eigenvalue weighted by Gasteiger charge is -2.31. The highest BCUT2D eigenvalue weighted by Crippen LogP contribution is 2.25. The molecule has 2 fully saturated rings. The molecule has 2 amide bonds. The number of amides is 2. The van der Waals surface area contributed by atoms with Crippen LogP contribution in [0.2, 0.25) is 0 Å². The quantitative estimate of drug-likeness (QED) is 0.744. The monoisotopic (exact) mass is 297 g/mol. The minimum absolute atomic E-state index is 0.00405. The first-order valence-corrected chi connectivity index (χ1v) is 8.08. The van der Waals surface area contributed by atoms with Crippen LogP contribution in [-0.4, -0.2) is 65.7 Å². The van der Waals surface area contributed by atoms with Gasteiger partial charge in [-0.25, -0.2) is 4.79 Å². The first-order valence-electron chi connectivity index (χ1n) is 8.08. The van der Waals surface area contributed by atoms with Crippen molar-refractivity contribution in [2.45, 2.75) is 45.1 Å². The van der Waals surface area contributed by atoms with E-state index in [1.807, 2.05) is 4.90 Å². The molecule has 1 heterocycles. The van der Waals surface area contributed by atoms with E-state index in [-0.39, 0.29) is 18.4 Å². The van der Waals surface area contributed by atoms with Crippen molar-refractivity contribution in [2.75, 3.05) is 32.7 Å². The molecule has 1 aliphatic carbocycles. The molecule has 0 bridgehead atoms. The highest BCUT2D eigenvalue weighted by Gasteiger charge is 2.28. The number of carbonyl (C=O) groups excluding carboxylic acids is 1. The summed E-state index contributed by atoms with van der Waals surface area (Å²) in [6.07, 6.45) is 4.39. The van der Waals surface area contributed by atoms with Gasteiger partial charge >= 0.3 is 12.0 Å². The molecule has 1 saturated carbocycles. The van der Waals surface area contributed by atoms with E-state index in [0.29, 0.717) is 19.6 Å². The van der Waals surface area contributed by atoms with E-state index in [1.165, 1.54) is 12.8 Å². The van der Waals surface area contributed by atoms with Gasteiger partial charge in [0.15, 0.2) is 0 Å². The molecule has 0 unspecified atom stereocenters. The maximum atomic E-state index is 12.1. The number of hydrogen-bond acceptors (Lipinski definition) is 3. The Hall–Kier alpha value is -1.30. The molecule has 0 aromatic carbocycles. The third kappa shape index (κ3) is 5.19. The van der Waals surface area contributed by atoms with Gasteiger partial charge in [-0.1, -0.05) is 6.92 Å². The number of urea groups is 1. The van der Waals surface area contributed by atoms with Gasteiger partial charge in [0.1, 0.15) is 0 Å². The van der Waals surface area contributed by atoms with Gasteiger partial charge in [0.2, 0.25) is 0 Å². The lowest BCUT2D eigenvalue weighted by molar-refractivity contribution is -0.138. The molecule has 21 heavy (non-hydrogen) atoms. The third-order valence-corrected chi connectivity index (χ3v) is 4.51. The molecule has 2 rings (SSSR count). The Kier molecular flexibility index (Phi) is 5.85. The fourth-order valence-electron chi connectivity index (χ4n) is 3.04. The fourth-order valence-corrected chi connectivity index (χ4v) is 3.04. The van der Waals surface area contributed by atoms with Gasteiger partial charge in [-0.05, 0) is 38.1 Å². The van der Waals surface area contributed by atoms with Gasteiger partial charge in [0, 0.05) is 38.6 Å². The van der Waals surface area contributed by atoms with Crippen molar-refractivity contribution in [1.29, 1.82) is 0 Å². The first-order chi connectivity index (χ1) is 10.1. The third-order valence-electron chi connectivity index (χ3n) is 4.51. The van der Waals surface area contributed by atoms with Crippen LogP contribution in [0.25, 0.3) is 0 Å². The Morgan fingerprint density at radius 3 is 2.43 bits per heavy atom. The maximum absolute atomic E-state index is 12.1. The first kappa shape index (κ1) is 16.1. The molecule has 2 aliphatic rings. The number of carboxylic acid groups (broad SMARTS) is 1. The number of carboxylic acids is 1. The van der Waals surface area contributed by atoms with Crippen molar-refractivity contribution in [2.24, 2.45) is 5.92 Å². The summed E-state index contributed by atoms with van der Waals surface area (Å²) >= 11 is 0. The molecule has 2 N–H and O–H groups in total. The van der Waals surface area contributed by atoms with Gasteiger partial charge in [-0.2, -0.15) is 0 Å². The number of piperidine rings is 1. The lowest BCUT2D eigenvalue weighted by atomic mass is 9.94. The van der Waals surface area contributed by atoms with Crippen LogP contribution in [0.5, 0.6) is 0 Å². The number of nitrogens with one attached hydrogen (secondary N) is 1. The number of likely N-dealkylation sites (tertiary alicyclic amines) is 1. The largest absolute Gasteiger partial charge is 0.481 e. The fraction of sp³-hybridized carbons (Fsp3) is 0.867. The zero-order valence-corrected chi connectivity index (χ0v) is 12.9. The van der Waals surface area contributed by atoms with Gasteiger partial charge in [0.25, 0.3) is 0 Å². The second-order valence-corrected chi connectivity index (χ2v) is 6.12. The molecule has 1 saturated heterocycles. The van der Waals surface area contributed by atoms with Crippen LogP contribution < -0.4 is 5.32 Å². The summed E-state index contributed by atoms with van der Waals surface area (Å²) in [5, 5.41) is 11.8. The van der Waals surface area contributed by atoms with Crippen molar-refractivity contribution in [1.82, 2.24) is 15.1 Å². The molecule has 0 aromatic heterocycles. The minimum atomic E-state index is -0.738. The van der Waals surface area contributed by atoms with E-state index in [0.717, 1.165) is 32.0 Å². The lowest BCUT2D eigenvalue weighted by Crippen LogP contribution is -2.46. The number of nitrogens with zero attached hydrogens (tertiary/aromatic N) is 2. The SMILES string of the molecule is CCN(CCNC(=O)N1CCC(CC(=O)O)CC1)C1CC1. The highest BCUT2D eigenvalue weighted by atomic mass is 16.4. The number of hydrogen-bond donors (Lipinski definition) is 2. The van der Waals surface area contributed by atoms with E-state index < -0.39 is 5.97 Å². The van der Waals surface area contributed by atoms with Crippen molar-refractivity contribution in [3.8, 4) is 0 Å². The van der Waals surface area contributed by atoms with Gasteiger partial charge in [-0.3, -0.25) is 9.69 Å². The summed E-state index contributed by atoms with van der Waals surface area (Å²) in [5.74, 6) is -0.519. The predicted molar refractivity (Wildman–Crippen MR) is 80.2 cm³/mol. The predicted octanol–water partition coefficient (Wildman–Crippen LogP) is 1.37. The number of rotatable bonds is 7. The second-order valence-electron chi connectivity index (χ2n) is 6.12. The Morgan fingerprint density at radius 1 is 1.24 bits per heavy atom. The molecule has 6 heteroatoms. The van der Waals surface area contributed by atoms with E-state index in [9.17, 15) is 9.59 Å². The molecule has 0 atom stereocenters. The standard InChI is InChI=1S/C15H27N3O3/c1-2-17(13-3-4-13)10-7-16-15(21)18-8-5-12(6-9-18)11-14(19)20/h12-13H,2-11H2,1H3,(H,16,21)(H,19,20). The van der Waals surface area contributed by atoms with Crippen LogP contribution in [0.3, 0.4) is 0 Å². The average molecular weight is 297 g/mol. The highest BCUT2D eigenvalue weighted by molar-refractivity contribution is 5.74. The van der Waals surface area contributed by atoms with Gasteiger partial charge < -0.3 is 15.3 Å². The zero-order chi connectivity index (χ0) is 15.2. The summed E-state index contributed by atoms with van der Waals surface area (Å²) in [4.78, 5) is 27.0. The molecule has 6 nitrogen and oxygen atoms in total. The summed E-state index contributed by atoms with van der Waals surface area (Å²) in [7, 11) is 0. The van der Waals surface area contributed by atoms with Crippen molar-refractivity contribution in [3.05, 3.63) is 0 Å². The van der Waals surface area contributed by atoms with Crippen molar-refractivity contribution >= 4 is 12.0 Å². The normalized spacial score (nSPS) is 19.8.